The number of carbonyl (C=O) groups is 2. The lowest BCUT2D eigenvalue weighted by Crippen LogP contribution is -2.30. The number of hydrogen-bond donors (Lipinski definition) is 1. The fourth-order valence-electron chi connectivity index (χ4n) is 3.94. The van der Waals surface area contributed by atoms with Crippen molar-refractivity contribution in [2.75, 3.05) is 40.5 Å². The predicted molar refractivity (Wildman–Crippen MR) is 115 cm³/mol. The molecule has 2 aromatic rings. The molecule has 0 radical (unpaired) electrons. The Hall–Kier alpha value is -2.80. The average molecular weight is 414 g/mol. The number of hydrogen-bond acceptors (Lipinski definition) is 4. The van der Waals surface area contributed by atoms with E-state index in [1.807, 2.05) is 47.0 Å². The molecule has 7 nitrogen and oxygen atoms in total. The number of benzene rings is 1. The first kappa shape index (κ1) is 21.9. The van der Waals surface area contributed by atoms with Crippen molar-refractivity contribution >= 4 is 11.8 Å². The molecule has 1 N–H and O–H groups in total. The topological polar surface area (TPSA) is 72.8 Å². The molecular weight excluding hydrogens is 382 g/mol. The van der Waals surface area contributed by atoms with E-state index in [0.29, 0.717) is 36.9 Å². The molecule has 1 aliphatic heterocycles. The van der Waals surface area contributed by atoms with Crippen LogP contribution in [0.25, 0.3) is 0 Å². The van der Waals surface area contributed by atoms with E-state index in [9.17, 15) is 9.59 Å². The maximum Gasteiger partial charge on any atom is 0.270 e. The molecule has 2 heterocycles. The van der Waals surface area contributed by atoms with Gasteiger partial charge in [0.2, 0.25) is 0 Å². The van der Waals surface area contributed by atoms with Gasteiger partial charge in [0, 0.05) is 52.2 Å². The van der Waals surface area contributed by atoms with E-state index in [2.05, 4.69) is 5.32 Å². The molecule has 162 valence electrons. The molecule has 0 bridgehead atoms. The van der Waals surface area contributed by atoms with Gasteiger partial charge in [-0.2, -0.15) is 0 Å². The van der Waals surface area contributed by atoms with Gasteiger partial charge in [-0.05, 0) is 61.1 Å². The van der Waals surface area contributed by atoms with Crippen LogP contribution in [0, 0.1) is 5.92 Å². The van der Waals surface area contributed by atoms with Gasteiger partial charge in [0.05, 0.1) is 7.11 Å². The van der Waals surface area contributed by atoms with Gasteiger partial charge in [0.15, 0.2) is 0 Å². The van der Waals surface area contributed by atoms with Gasteiger partial charge in [-0.3, -0.25) is 9.59 Å². The van der Waals surface area contributed by atoms with E-state index in [4.69, 9.17) is 9.47 Å². The van der Waals surface area contributed by atoms with Crippen molar-refractivity contribution in [3.05, 3.63) is 53.3 Å². The van der Waals surface area contributed by atoms with Gasteiger partial charge < -0.3 is 24.3 Å². The Bertz CT molecular complexity index is 877. The van der Waals surface area contributed by atoms with Crippen LogP contribution in [-0.4, -0.2) is 61.7 Å². The molecule has 1 saturated heterocycles. The maximum atomic E-state index is 12.8. The highest BCUT2D eigenvalue weighted by molar-refractivity contribution is 5.94. The van der Waals surface area contributed by atoms with Crippen LogP contribution < -0.4 is 10.1 Å². The fourth-order valence-corrected chi connectivity index (χ4v) is 3.94. The van der Waals surface area contributed by atoms with Crippen LogP contribution in [0.2, 0.25) is 0 Å². The first-order valence-corrected chi connectivity index (χ1v) is 10.4. The largest absolute Gasteiger partial charge is 0.496 e. The Morgan fingerprint density at radius 3 is 2.77 bits per heavy atom. The van der Waals surface area contributed by atoms with Gasteiger partial charge in [-0.15, -0.1) is 0 Å². The van der Waals surface area contributed by atoms with Crippen LogP contribution >= 0.6 is 0 Å². The van der Waals surface area contributed by atoms with E-state index < -0.39 is 0 Å². The van der Waals surface area contributed by atoms with Crippen LogP contribution in [0.15, 0.2) is 36.5 Å². The van der Waals surface area contributed by atoms with Crippen LogP contribution in [0.5, 0.6) is 5.75 Å². The highest BCUT2D eigenvalue weighted by atomic mass is 16.5. The summed E-state index contributed by atoms with van der Waals surface area (Å²) in [5.41, 5.74) is 2.33. The van der Waals surface area contributed by atoms with Crippen molar-refractivity contribution in [3.63, 3.8) is 0 Å². The van der Waals surface area contributed by atoms with Gasteiger partial charge in [0.1, 0.15) is 11.4 Å². The molecule has 0 saturated carbocycles. The maximum absolute atomic E-state index is 12.8. The van der Waals surface area contributed by atoms with Crippen LogP contribution in [0.4, 0.5) is 0 Å². The summed E-state index contributed by atoms with van der Waals surface area (Å²) in [6.07, 6.45) is 4.37. The second kappa shape index (κ2) is 10.3. The van der Waals surface area contributed by atoms with E-state index in [1.165, 1.54) is 0 Å². The molecule has 3 rings (SSSR count). The number of nitrogens with one attached hydrogen (secondary N) is 1. The Morgan fingerprint density at radius 1 is 1.23 bits per heavy atom. The minimum absolute atomic E-state index is 0.0705. The van der Waals surface area contributed by atoms with Crippen LogP contribution in [-0.2, 0) is 18.2 Å². The first-order chi connectivity index (χ1) is 14.5. The number of rotatable bonds is 9. The molecule has 7 heteroatoms. The molecule has 1 fully saturated rings. The van der Waals surface area contributed by atoms with Gasteiger partial charge >= 0.3 is 0 Å². The number of carbonyl (C=O) groups excluding carboxylic acids is 2. The summed E-state index contributed by atoms with van der Waals surface area (Å²) in [6, 6.07) is 9.28. The Labute approximate surface area is 178 Å². The average Bonchev–Trinajstić information content (AvgIpc) is 3.39. The van der Waals surface area contributed by atoms with Gasteiger partial charge in [0.25, 0.3) is 11.8 Å². The smallest absolute Gasteiger partial charge is 0.270 e. The predicted octanol–water partition coefficient (Wildman–Crippen LogP) is 2.50. The zero-order valence-corrected chi connectivity index (χ0v) is 18.0. The summed E-state index contributed by atoms with van der Waals surface area (Å²) < 4.78 is 12.4. The number of aryl methyl sites for hydroxylation is 1. The van der Waals surface area contributed by atoms with Crippen molar-refractivity contribution < 1.29 is 19.1 Å². The molecule has 1 unspecified atom stereocenters. The molecule has 30 heavy (non-hydrogen) atoms. The quantitative estimate of drug-likeness (QED) is 0.641. The molecule has 0 spiro atoms. The van der Waals surface area contributed by atoms with Crippen molar-refractivity contribution in [2.24, 2.45) is 13.0 Å². The number of ether oxygens (including phenoxy) is 2. The highest BCUT2D eigenvalue weighted by Crippen LogP contribution is 2.28. The standard InChI is InChI=1S/C23H31N3O4/c1-25-11-4-6-20(25)23(28)26-12-9-17(16-26)14-19-15-18(7-8-21(19)30-3)22(27)24-10-5-13-29-2/h4,6-8,11,15,17H,5,9-10,12-14,16H2,1-3H3,(H,24,27). The second-order valence-electron chi connectivity index (χ2n) is 7.74. The summed E-state index contributed by atoms with van der Waals surface area (Å²) in [5, 5.41) is 2.92. The van der Waals surface area contributed by atoms with Gasteiger partial charge in [-0.1, -0.05) is 0 Å². The van der Waals surface area contributed by atoms with Gasteiger partial charge in [-0.25, -0.2) is 0 Å². The molecule has 2 amide bonds. The van der Waals surface area contributed by atoms with Crippen LogP contribution in [0.3, 0.4) is 0 Å². The molecule has 1 atom stereocenters. The normalized spacial score (nSPS) is 16.0. The first-order valence-electron chi connectivity index (χ1n) is 10.4. The summed E-state index contributed by atoms with van der Waals surface area (Å²) >= 11 is 0. The Morgan fingerprint density at radius 2 is 2.07 bits per heavy atom. The molecule has 1 aromatic heterocycles. The summed E-state index contributed by atoms with van der Waals surface area (Å²) in [5.74, 6) is 1.09. The van der Waals surface area contributed by atoms with E-state index in [0.717, 1.165) is 37.1 Å². The van der Waals surface area contributed by atoms with Crippen molar-refractivity contribution in [1.29, 1.82) is 0 Å². The monoisotopic (exact) mass is 413 g/mol. The number of aromatic nitrogens is 1. The number of amides is 2. The minimum atomic E-state index is -0.0954. The molecular formula is C23H31N3O4. The number of methoxy groups -OCH3 is 2. The third-order valence-electron chi connectivity index (χ3n) is 5.60. The lowest BCUT2D eigenvalue weighted by molar-refractivity contribution is 0.0777. The zero-order chi connectivity index (χ0) is 21.5. The Kier molecular flexibility index (Phi) is 7.52. The molecule has 0 aliphatic carbocycles. The van der Waals surface area contributed by atoms with E-state index >= 15 is 0 Å². The van der Waals surface area contributed by atoms with Crippen molar-refractivity contribution in [2.45, 2.75) is 19.3 Å². The van der Waals surface area contributed by atoms with Crippen molar-refractivity contribution in [3.8, 4) is 5.75 Å². The summed E-state index contributed by atoms with van der Waals surface area (Å²) in [7, 11) is 5.18. The molecule has 1 aromatic carbocycles. The second-order valence-corrected chi connectivity index (χ2v) is 7.74. The van der Waals surface area contributed by atoms with Crippen molar-refractivity contribution in [1.82, 2.24) is 14.8 Å². The van der Waals surface area contributed by atoms with E-state index in [1.54, 1.807) is 20.3 Å². The molecule has 1 aliphatic rings. The number of likely N-dealkylation sites (tertiary alicyclic amines) is 1. The zero-order valence-electron chi connectivity index (χ0n) is 18.0. The van der Waals surface area contributed by atoms with Crippen LogP contribution in [0.1, 0.15) is 39.3 Å². The SMILES string of the molecule is COCCCNC(=O)c1ccc(OC)c(CC2CCN(C(=O)c3cccn3C)C2)c1. The highest BCUT2D eigenvalue weighted by Gasteiger charge is 2.28. The third-order valence-corrected chi connectivity index (χ3v) is 5.60. The Balaban J connectivity index is 1.63. The third kappa shape index (κ3) is 5.21. The lowest BCUT2D eigenvalue weighted by Gasteiger charge is -2.18. The fraction of sp³-hybridized carbons (Fsp3) is 0.478. The van der Waals surface area contributed by atoms with E-state index in [-0.39, 0.29) is 11.8 Å². The number of nitrogens with zero attached hydrogens (tertiary/aromatic N) is 2. The summed E-state index contributed by atoms with van der Waals surface area (Å²) in [4.78, 5) is 27.1. The summed E-state index contributed by atoms with van der Waals surface area (Å²) in [6.45, 7) is 2.65. The lowest BCUT2D eigenvalue weighted by atomic mass is 9.96. The minimum Gasteiger partial charge on any atom is -0.496 e.